The summed E-state index contributed by atoms with van der Waals surface area (Å²) < 4.78 is 10.6. The number of fused-ring (bicyclic) bond motifs is 1. The first kappa shape index (κ1) is 22.5. The summed E-state index contributed by atoms with van der Waals surface area (Å²) in [5.74, 6) is -1.63. The van der Waals surface area contributed by atoms with Gasteiger partial charge in [-0.1, -0.05) is 24.3 Å². The second kappa shape index (κ2) is 9.41. The zero-order valence-electron chi connectivity index (χ0n) is 17.9. The molecule has 4 rings (SSSR count). The van der Waals surface area contributed by atoms with Crippen molar-refractivity contribution in [3.05, 3.63) is 63.7 Å². The van der Waals surface area contributed by atoms with Crippen LogP contribution >= 0.6 is 11.3 Å². The van der Waals surface area contributed by atoms with Crippen LogP contribution in [0, 0.1) is 0 Å². The van der Waals surface area contributed by atoms with Crippen LogP contribution in [0.2, 0.25) is 0 Å². The van der Waals surface area contributed by atoms with Gasteiger partial charge in [0.1, 0.15) is 10.8 Å². The number of carbonyl (C=O) groups excluding carboxylic acids is 4. The van der Waals surface area contributed by atoms with E-state index in [1.807, 2.05) is 0 Å². The van der Waals surface area contributed by atoms with Gasteiger partial charge in [-0.3, -0.25) is 14.4 Å². The molecule has 3 N–H and O–H groups in total. The molecule has 0 aliphatic heterocycles. The predicted molar refractivity (Wildman–Crippen MR) is 123 cm³/mol. The number of amides is 2. The van der Waals surface area contributed by atoms with Crippen LogP contribution in [-0.4, -0.2) is 30.2 Å². The molecule has 9 heteroatoms. The number of ketones is 1. The van der Waals surface area contributed by atoms with Crippen molar-refractivity contribution in [2.45, 2.75) is 32.6 Å². The molecule has 1 aliphatic rings. The van der Waals surface area contributed by atoms with Crippen molar-refractivity contribution < 1.29 is 28.3 Å². The van der Waals surface area contributed by atoms with Gasteiger partial charge in [0.15, 0.2) is 12.4 Å². The molecule has 1 aliphatic carbocycles. The number of rotatable bonds is 7. The first-order valence-electron chi connectivity index (χ1n) is 10.5. The number of Topliss-reactive ketones (excluding diaryl/α,β-unsaturated/α-hetero) is 1. The zero-order chi connectivity index (χ0) is 23.5. The Bertz CT molecular complexity index is 1240. The van der Waals surface area contributed by atoms with Crippen LogP contribution < -0.4 is 11.1 Å². The number of nitrogens with two attached hydrogens (primary N) is 1. The molecule has 2 amide bonds. The maximum absolute atomic E-state index is 12.4. The molecule has 2 aromatic heterocycles. The highest BCUT2D eigenvalue weighted by Crippen LogP contribution is 2.37. The van der Waals surface area contributed by atoms with E-state index < -0.39 is 24.4 Å². The minimum absolute atomic E-state index is 0.0470. The second-order valence-corrected chi connectivity index (χ2v) is 8.81. The van der Waals surface area contributed by atoms with Gasteiger partial charge < -0.3 is 20.2 Å². The van der Waals surface area contributed by atoms with Crippen LogP contribution in [0.15, 0.2) is 40.8 Å². The van der Waals surface area contributed by atoms with Crippen molar-refractivity contribution in [2.24, 2.45) is 5.73 Å². The molecule has 0 radical (unpaired) electrons. The minimum atomic E-state index is -0.794. The number of esters is 1. The van der Waals surface area contributed by atoms with E-state index in [1.54, 1.807) is 30.3 Å². The Morgan fingerprint density at radius 2 is 1.79 bits per heavy atom. The monoisotopic (exact) mass is 466 g/mol. The van der Waals surface area contributed by atoms with Crippen LogP contribution in [0.5, 0.6) is 0 Å². The Hall–Kier alpha value is -3.72. The molecule has 0 spiro atoms. The molecule has 3 aromatic rings. The molecule has 2 heterocycles. The molecular formula is C24H22N2O6S. The van der Waals surface area contributed by atoms with E-state index in [0.717, 1.165) is 36.1 Å². The van der Waals surface area contributed by atoms with E-state index in [4.69, 9.17) is 14.9 Å². The summed E-state index contributed by atoms with van der Waals surface area (Å²) in [7, 11) is 0. The number of hydrogen-bond acceptors (Lipinski definition) is 7. The summed E-state index contributed by atoms with van der Waals surface area (Å²) in [5.41, 5.74) is 8.05. The Balaban J connectivity index is 1.38. The van der Waals surface area contributed by atoms with Crippen LogP contribution in [-0.2, 0) is 22.4 Å². The number of anilines is 1. The maximum Gasteiger partial charge on any atom is 0.374 e. The molecule has 0 fully saturated rings. The fourth-order valence-electron chi connectivity index (χ4n) is 3.75. The number of thiophene rings is 1. The minimum Gasteiger partial charge on any atom is -0.450 e. The topological polar surface area (TPSA) is 129 Å². The Kier molecular flexibility index (Phi) is 6.41. The number of carbonyl (C=O) groups is 4. The van der Waals surface area contributed by atoms with Gasteiger partial charge in [-0.2, -0.15) is 0 Å². The van der Waals surface area contributed by atoms with Crippen LogP contribution in [0.3, 0.4) is 0 Å². The number of primary amides is 1. The van der Waals surface area contributed by atoms with Crippen LogP contribution in [0.4, 0.5) is 5.00 Å². The summed E-state index contributed by atoms with van der Waals surface area (Å²) in [5, 5.41) is 3.04. The average molecular weight is 467 g/mol. The number of benzene rings is 1. The molecule has 1 aromatic carbocycles. The smallest absolute Gasteiger partial charge is 0.374 e. The second-order valence-electron chi connectivity index (χ2n) is 7.70. The number of furan rings is 1. The lowest BCUT2D eigenvalue weighted by Crippen LogP contribution is -2.22. The van der Waals surface area contributed by atoms with Crippen molar-refractivity contribution in [3.63, 3.8) is 0 Å². The number of nitrogens with one attached hydrogen (secondary N) is 1. The highest BCUT2D eigenvalue weighted by Gasteiger charge is 2.25. The van der Waals surface area contributed by atoms with Gasteiger partial charge in [0, 0.05) is 16.0 Å². The van der Waals surface area contributed by atoms with Gasteiger partial charge in [-0.05, 0) is 50.3 Å². The molecule has 0 saturated heterocycles. The fourth-order valence-corrected chi connectivity index (χ4v) is 5.06. The number of ether oxygens (including phenoxy) is 1. The summed E-state index contributed by atoms with van der Waals surface area (Å²) in [6, 6.07) is 9.84. The number of hydrogen-bond donors (Lipinski definition) is 2. The lowest BCUT2D eigenvalue weighted by molar-refractivity contribution is -0.119. The number of aryl methyl sites for hydroxylation is 1. The molecule has 170 valence electrons. The van der Waals surface area contributed by atoms with E-state index in [1.165, 1.54) is 24.3 Å². The lowest BCUT2D eigenvalue weighted by Gasteiger charge is -2.11. The quantitative estimate of drug-likeness (QED) is 0.400. The summed E-state index contributed by atoms with van der Waals surface area (Å²) in [6.45, 7) is 0.941. The van der Waals surface area contributed by atoms with Gasteiger partial charge in [-0.15, -0.1) is 11.3 Å². The Morgan fingerprint density at radius 1 is 1.06 bits per heavy atom. The van der Waals surface area contributed by atoms with Gasteiger partial charge in [-0.25, -0.2) is 4.79 Å². The van der Waals surface area contributed by atoms with Crippen molar-refractivity contribution in [1.29, 1.82) is 0 Å². The molecule has 33 heavy (non-hydrogen) atoms. The van der Waals surface area contributed by atoms with Crippen molar-refractivity contribution in [3.8, 4) is 11.3 Å². The van der Waals surface area contributed by atoms with Crippen molar-refractivity contribution in [2.75, 3.05) is 11.9 Å². The highest BCUT2D eigenvalue weighted by atomic mass is 32.1. The van der Waals surface area contributed by atoms with Crippen LogP contribution in [0.1, 0.15) is 61.5 Å². The summed E-state index contributed by atoms with van der Waals surface area (Å²) in [6.07, 6.45) is 3.61. The van der Waals surface area contributed by atoms with E-state index in [9.17, 15) is 19.2 Å². The standard InChI is InChI=1S/C24H22N2O6S/c1-13(27)14-6-8-15(9-7-14)17-10-11-18(32-17)24(30)31-12-20(28)26-23-21(22(25)29)16-4-2-3-5-19(16)33-23/h6-11H,2-5,12H2,1H3,(H2,25,29)(H,26,28). The summed E-state index contributed by atoms with van der Waals surface area (Å²) in [4.78, 5) is 49.0. The Labute approximate surface area is 193 Å². The third-order valence-electron chi connectivity index (χ3n) is 5.39. The molecular weight excluding hydrogens is 444 g/mol. The van der Waals surface area contributed by atoms with Gasteiger partial charge in [0.05, 0.1) is 5.56 Å². The average Bonchev–Trinajstić information content (AvgIpc) is 3.42. The third kappa shape index (κ3) is 4.88. The summed E-state index contributed by atoms with van der Waals surface area (Å²) >= 11 is 1.34. The van der Waals surface area contributed by atoms with Crippen molar-refractivity contribution in [1.82, 2.24) is 0 Å². The van der Waals surface area contributed by atoms with E-state index in [0.29, 0.717) is 27.5 Å². The molecule has 0 bridgehead atoms. The van der Waals surface area contributed by atoms with Gasteiger partial charge >= 0.3 is 5.97 Å². The first-order chi connectivity index (χ1) is 15.8. The van der Waals surface area contributed by atoms with Crippen LogP contribution in [0.25, 0.3) is 11.3 Å². The molecule has 8 nitrogen and oxygen atoms in total. The van der Waals surface area contributed by atoms with E-state index in [-0.39, 0.29) is 11.5 Å². The van der Waals surface area contributed by atoms with E-state index in [2.05, 4.69) is 5.32 Å². The Morgan fingerprint density at radius 3 is 2.48 bits per heavy atom. The van der Waals surface area contributed by atoms with Crippen molar-refractivity contribution >= 4 is 39.9 Å². The van der Waals surface area contributed by atoms with Gasteiger partial charge in [0.25, 0.3) is 11.8 Å². The highest BCUT2D eigenvalue weighted by molar-refractivity contribution is 7.17. The first-order valence-corrected chi connectivity index (χ1v) is 11.3. The zero-order valence-corrected chi connectivity index (χ0v) is 18.8. The third-order valence-corrected chi connectivity index (χ3v) is 6.60. The predicted octanol–water partition coefficient (Wildman–Crippen LogP) is 3.98. The SMILES string of the molecule is CC(=O)c1ccc(-c2ccc(C(=O)OCC(=O)Nc3sc4c(c3C(N)=O)CCCC4)o2)cc1. The lowest BCUT2D eigenvalue weighted by atomic mass is 9.95. The fraction of sp³-hybridized carbons (Fsp3) is 0.250. The molecule has 0 atom stereocenters. The van der Waals surface area contributed by atoms with E-state index >= 15 is 0 Å². The van der Waals surface area contributed by atoms with Gasteiger partial charge in [0.2, 0.25) is 5.76 Å². The normalized spacial score (nSPS) is 12.6. The largest absolute Gasteiger partial charge is 0.450 e. The molecule has 0 unspecified atom stereocenters. The molecule has 0 saturated carbocycles. The maximum atomic E-state index is 12.4.